The first-order valence-electron chi connectivity index (χ1n) is 19.9. The van der Waals surface area contributed by atoms with E-state index in [0.717, 1.165) is 33.4 Å². The van der Waals surface area contributed by atoms with Crippen LogP contribution in [-0.4, -0.2) is 63.2 Å². The number of benzene rings is 5. The van der Waals surface area contributed by atoms with Crippen molar-refractivity contribution in [2.24, 2.45) is 0 Å². The molecule has 0 amide bonds. The van der Waals surface area contributed by atoms with Gasteiger partial charge in [-0.15, -0.1) is 0 Å². The third kappa shape index (κ3) is 10.4. The van der Waals surface area contributed by atoms with Crippen molar-refractivity contribution in [2.75, 3.05) is 20.3 Å². The molecule has 0 aliphatic carbocycles. The minimum atomic E-state index is -0.738. The number of hydrogen-bond donors (Lipinski definition) is 0. The molecule has 0 saturated carbocycles. The summed E-state index contributed by atoms with van der Waals surface area (Å²) in [5.74, 6) is 0.580. The Bertz CT molecular complexity index is 2020. The van der Waals surface area contributed by atoms with Crippen molar-refractivity contribution < 1.29 is 42.6 Å². The van der Waals surface area contributed by atoms with Crippen LogP contribution >= 0.6 is 0 Å². The highest BCUT2D eigenvalue weighted by molar-refractivity contribution is 5.32. The molecule has 0 spiro atoms. The maximum Gasteiger partial charge on any atom is 0.188 e. The summed E-state index contributed by atoms with van der Waals surface area (Å²) in [5, 5.41) is 0. The lowest BCUT2D eigenvalue weighted by Gasteiger charge is -2.46. The first kappa shape index (κ1) is 39.9. The normalized spacial score (nSPS) is 26.4. The van der Waals surface area contributed by atoms with Gasteiger partial charge in [-0.3, -0.25) is 0 Å². The summed E-state index contributed by atoms with van der Waals surface area (Å²) in [5.41, 5.74) is 5.90. The minimum absolute atomic E-state index is 0.254. The Labute approximate surface area is 340 Å². The zero-order valence-electron chi connectivity index (χ0n) is 32.6. The quantitative estimate of drug-likeness (QED) is 0.0977. The Kier molecular flexibility index (Phi) is 13.9. The van der Waals surface area contributed by atoms with Crippen LogP contribution in [0.4, 0.5) is 0 Å². The second-order valence-corrected chi connectivity index (χ2v) is 14.5. The summed E-state index contributed by atoms with van der Waals surface area (Å²) >= 11 is 0. The predicted molar refractivity (Wildman–Crippen MR) is 218 cm³/mol. The van der Waals surface area contributed by atoms with E-state index in [2.05, 4.69) is 24.3 Å². The Balaban J connectivity index is 1.15. The average molecular weight is 783 g/mol. The third-order valence-electron chi connectivity index (χ3n) is 10.4. The van der Waals surface area contributed by atoms with Crippen LogP contribution in [0, 0.1) is 0 Å². The predicted octanol–water partition coefficient (Wildman–Crippen LogP) is 8.65. The van der Waals surface area contributed by atoms with Crippen LogP contribution in [0.25, 0.3) is 0 Å². The summed E-state index contributed by atoms with van der Waals surface area (Å²) in [6.45, 7) is 2.05. The summed E-state index contributed by atoms with van der Waals surface area (Å²) in [6.07, 6.45) is -0.528. The van der Waals surface area contributed by atoms with E-state index in [1.165, 1.54) is 0 Å². The molecule has 0 radical (unpaired) electrons. The molecule has 2 fully saturated rings. The van der Waals surface area contributed by atoms with E-state index in [0.29, 0.717) is 38.8 Å². The zero-order chi connectivity index (χ0) is 39.4. The lowest BCUT2D eigenvalue weighted by molar-refractivity contribution is -0.319. The second kappa shape index (κ2) is 20.2. The van der Waals surface area contributed by atoms with Crippen LogP contribution in [0.15, 0.2) is 175 Å². The molecule has 58 heavy (non-hydrogen) atoms. The molecule has 8 atom stereocenters. The lowest BCUT2D eigenvalue weighted by Crippen LogP contribution is -2.56. The standard InChI is InChI=1S/C49H50O9/c1-50-49-46(53-31-37-21-11-4-12-22-37)41(45-44(57-49)34-55-48(58-45)39-25-15-6-16-26-39)27-40-28-42(52-30-36-19-9-3-10-20-36)47(54-32-38-23-13-5-14-24-38)43(56-40)33-51-29-35-17-7-2-8-18-35/h2-28,42-49H,29-34H2,1H3/b41-27-/t42-,43-,44-,45+,46-,47+,48?,49+/m1/s1. The highest BCUT2D eigenvalue weighted by Gasteiger charge is 2.48. The molecular weight excluding hydrogens is 733 g/mol. The van der Waals surface area contributed by atoms with Crippen molar-refractivity contribution in [1.29, 1.82) is 0 Å². The van der Waals surface area contributed by atoms with Crippen molar-refractivity contribution in [3.63, 3.8) is 0 Å². The zero-order valence-corrected chi connectivity index (χ0v) is 32.6. The van der Waals surface area contributed by atoms with Gasteiger partial charge in [0.1, 0.15) is 36.3 Å². The molecule has 9 heteroatoms. The van der Waals surface area contributed by atoms with Gasteiger partial charge in [0.25, 0.3) is 0 Å². The van der Waals surface area contributed by atoms with E-state index < -0.39 is 49.2 Å². The molecule has 5 aromatic carbocycles. The van der Waals surface area contributed by atoms with Gasteiger partial charge in [0, 0.05) is 12.7 Å². The number of allylic oxidation sites excluding steroid dienone is 1. The molecule has 5 aromatic rings. The van der Waals surface area contributed by atoms with Gasteiger partial charge in [-0.25, -0.2) is 0 Å². The molecular formula is C49H50O9. The SMILES string of the molecule is CO[C@H]1O[C@@H]2COC(c3ccccc3)O[C@H]2/C(=C/C2=C[C@@H](OCc3ccccc3)[C@H](OCc3ccccc3)[C@@H](COCc3ccccc3)O2)[C@H]1OCc1ccccc1. The van der Waals surface area contributed by atoms with E-state index in [1.807, 2.05) is 140 Å². The molecule has 1 unspecified atom stereocenters. The lowest BCUT2D eigenvalue weighted by atomic mass is 9.92. The molecule has 3 aliphatic heterocycles. The molecule has 2 saturated heterocycles. The number of fused-ring (bicyclic) bond motifs is 1. The Morgan fingerprint density at radius 3 is 1.72 bits per heavy atom. The highest BCUT2D eigenvalue weighted by Crippen LogP contribution is 2.40. The highest BCUT2D eigenvalue weighted by atomic mass is 16.8. The maximum atomic E-state index is 6.91. The molecule has 0 N–H and O–H groups in total. The third-order valence-corrected chi connectivity index (χ3v) is 10.4. The number of ether oxygens (including phenoxy) is 9. The Morgan fingerprint density at radius 2 is 1.14 bits per heavy atom. The van der Waals surface area contributed by atoms with Crippen molar-refractivity contribution in [2.45, 2.75) is 75.6 Å². The first-order valence-corrected chi connectivity index (χ1v) is 19.9. The fourth-order valence-electron chi connectivity index (χ4n) is 7.43. The van der Waals surface area contributed by atoms with Gasteiger partial charge in [-0.05, 0) is 40.0 Å². The summed E-state index contributed by atoms with van der Waals surface area (Å²) < 4.78 is 58.9. The minimum Gasteiger partial charge on any atom is -0.485 e. The van der Waals surface area contributed by atoms with E-state index in [-0.39, 0.29) is 6.61 Å². The fourth-order valence-corrected chi connectivity index (χ4v) is 7.43. The van der Waals surface area contributed by atoms with Gasteiger partial charge in [-0.1, -0.05) is 152 Å². The number of hydrogen-bond acceptors (Lipinski definition) is 9. The molecule has 300 valence electrons. The monoisotopic (exact) mass is 782 g/mol. The smallest absolute Gasteiger partial charge is 0.188 e. The second-order valence-electron chi connectivity index (χ2n) is 14.5. The molecule has 0 bridgehead atoms. The number of rotatable bonds is 16. The summed E-state index contributed by atoms with van der Waals surface area (Å²) in [6, 6.07) is 50.3. The average Bonchev–Trinajstić information content (AvgIpc) is 3.29. The maximum absolute atomic E-state index is 6.91. The Hall–Kier alpha value is -4.94. The van der Waals surface area contributed by atoms with Crippen LogP contribution < -0.4 is 0 Å². The van der Waals surface area contributed by atoms with E-state index >= 15 is 0 Å². The molecule has 3 heterocycles. The van der Waals surface area contributed by atoms with Crippen LogP contribution in [-0.2, 0) is 69.1 Å². The van der Waals surface area contributed by atoms with Gasteiger partial charge in [0.15, 0.2) is 18.7 Å². The molecule has 3 aliphatic rings. The van der Waals surface area contributed by atoms with Crippen molar-refractivity contribution in [3.05, 3.63) is 203 Å². The van der Waals surface area contributed by atoms with E-state index in [1.54, 1.807) is 7.11 Å². The van der Waals surface area contributed by atoms with Crippen molar-refractivity contribution in [3.8, 4) is 0 Å². The van der Waals surface area contributed by atoms with Crippen LogP contribution in [0.1, 0.15) is 34.1 Å². The summed E-state index contributed by atoms with van der Waals surface area (Å²) in [4.78, 5) is 0. The topological polar surface area (TPSA) is 83.1 Å². The van der Waals surface area contributed by atoms with Gasteiger partial charge >= 0.3 is 0 Å². The van der Waals surface area contributed by atoms with Gasteiger partial charge in [-0.2, -0.15) is 0 Å². The van der Waals surface area contributed by atoms with Crippen molar-refractivity contribution in [1.82, 2.24) is 0 Å². The molecule has 0 aromatic heterocycles. The van der Waals surface area contributed by atoms with Gasteiger partial charge < -0.3 is 42.6 Å². The largest absolute Gasteiger partial charge is 0.485 e. The summed E-state index contributed by atoms with van der Waals surface area (Å²) in [7, 11) is 1.62. The van der Waals surface area contributed by atoms with E-state index in [4.69, 9.17) is 42.6 Å². The Morgan fingerprint density at radius 1 is 0.603 bits per heavy atom. The van der Waals surface area contributed by atoms with Crippen molar-refractivity contribution >= 4 is 0 Å². The fraction of sp³-hybridized carbons (Fsp3) is 0.306. The molecule has 8 rings (SSSR count). The molecule has 9 nitrogen and oxygen atoms in total. The van der Waals surface area contributed by atoms with E-state index in [9.17, 15) is 0 Å². The van der Waals surface area contributed by atoms with Crippen LogP contribution in [0.3, 0.4) is 0 Å². The van der Waals surface area contributed by atoms with Crippen LogP contribution in [0.2, 0.25) is 0 Å². The number of methoxy groups -OCH3 is 1. The first-order chi connectivity index (χ1) is 28.7. The van der Waals surface area contributed by atoms with Gasteiger partial charge in [0.2, 0.25) is 0 Å². The van der Waals surface area contributed by atoms with Crippen LogP contribution in [0.5, 0.6) is 0 Å². The van der Waals surface area contributed by atoms with Gasteiger partial charge in [0.05, 0.1) is 39.6 Å².